The Morgan fingerprint density at radius 1 is 1.08 bits per heavy atom. The number of nitrogens with zero attached hydrogens (tertiary/aromatic N) is 1. The van der Waals surface area contributed by atoms with Crippen molar-refractivity contribution in [2.75, 3.05) is 13.7 Å². The summed E-state index contributed by atoms with van der Waals surface area (Å²) in [5, 5.41) is 8.91. The number of carbonyl (C=O) groups excluding carboxylic acids is 1. The Morgan fingerprint density at radius 2 is 1.79 bits per heavy atom. The Morgan fingerprint density at radius 3 is 2.42 bits per heavy atom. The molecule has 2 aromatic carbocycles. The highest BCUT2D eigenvalue weighted by molar-refractivity contribution is 5.94. The van der Waals surface area contributed by atoms with E-state index in [1.807, 2.05) is 13.0 Å². The lowest BCUT2D eigenvalue weighted by atomic mass is 10.1. The highest BCUT2D eigenvalue weighted by atomic mass is 16.5. The van der Waals surface area contributed by atoms with Gasteiger partial charge in [0.2, 0.25) is 0 Å². The van der Waals surface area contributed by atoms with Gasteiger partial charge >= 0.3 is 5.97 Å². The van der Waals surface area contributed by atoms with Crippen molar-refractivity contribution in [1.29, 1.82) is 0 Å². The minimum Gasteiger partial charge on any atom is -0.494 e. The highest BCUT2D eigenvalue weighted by Crippen LogP contribution is 2.16. The largest absolute Gasteiger partial charge is 0.494 e. The maximum Gasteiger partial charge on any atom is 0.335 e. The van der Waals surface area contributed by atoms with Gasteiger partial charge in [0.1, 0.15) is 5.75 Å². The zero-order valence-electron chi connectivity index (χ0n) is 13.9. The number of carboxylic acid groups (broad SMARTS) is 1. The number of hydrogen-bond donors (Lipinski definition) is 1. The van der Waals surface area contributed by atoms with Crippen molar-refractivity contribution in [3.63, 3.8) is 0 Å². The van der Waals surface area contributed by atoms with Crippen molar-refractivity contribution in [2.45, 2.75) is 19.9 Å². The van der Waals surface area contributed by atoms with E-state index in [2.05, 4.69) is 0 Å². The summed E-state index contributed by atoms with van der Waals surface area (Å²) in [6.07, 6.45) is 0.907. The Hall–Kier alpha value is -2.82. The fourth-order valence-electron chi connectivity index (χ4n) is 2.26. The van der Waals surface area contributed by atoms with Crippen LogP contribution in [-0.2, 0) is 6.54 Å². The maximum absolute atomic E-state index is 12.5. The molecule has 5 heteroatoms. The zero-order valence-corrected chi connectivity index (χ0v) is 13.9. The molecule has 0 radical (unpaired) electrons. The summed E-state index contributed by atoms with van der Waals surface area (Å²) in [5.41, 5.74) is 1.66. The molecule has 0 saturated carbocycles. The molecule has 0 aliphatic rings. The average Bonchev–Trinajstić information content (AvgIpc) is 2.60. The molecule has 0 saturated heterocycles. The van der Waals surface area contributed by atoms with Crippen molar-refractivity contribution in [3.05, 3.63) is 65.2 Å². The van der Waals surface area contributed by atoms with Gasteiger partial charge in [0.15, 0.2) is 0 Å². The van der Waals surface area contributed by atoms with Crippen LogP contribution in [0, 0.1) is 0 Å². The van der Waals surface area contributed by atoms with Gasteiger partial charge in [-0.15, -0.1) is 0 Å². The van der Waals surface area contributed by atoms with Crippen LogP contribution < -0.4 is 4.74 Å². The quantitative estimate of drug-likeness (QED) is 0.846. The standard InChI is InChI=1S/C19H21NO4/c1-3-11-24-17-6-4-5-16(12-17)18(21)20(2)13-14-7-9-15(10-8-14)19(22)23/h4-10,12H,3,11,13H2,1-2H3,(H,22,23). The normalized spacial score (nSPS) is 10.2. The predicted molar refractivity (Wildman–Crippen MR) is 91.4 cm³/mol. The molecular formula is C19H21NO4. The van der Waals surface area contributed by atoms with E-state index in [4.69, 9.17) is 9.84 Å². The van der Waals surface area contributed by atoms with Gasteiger partial charge in [-0.05, 0) is 42.3 Å². The number of aromatic carboxylic acids is 1. The van der Waals surface area contributed by atoms with Crippen molar-refractivity contribution >= 4 is 11.9 Å². The lowest BCUT2D eigenvalue weighted by molar-refractivity contribution is 0.0695. The van der Waals surface area contributed by atoms with Crippen molar-refractivity contribution in [2.24, 2.45) is 0 Å². The Balaban J connectivity index is 2.04. The van der Waals surface area contributed by atoms with Gasteiger partial charge in [0, 0.05) is 19.2 Å². The molecular weight excluding hydrogens is 306 g/mol. The Kier molecular flexibility index (Phi) is 5.95. The molecule has 0 atom stereocenters. The summed E-state index contributed by atoms with van der Waals surface area (Å²) in [4.78, 5) is 25.0. The Bertz CT molecular complexity index is 710. The van der Waals surface area contributed by atoms with E-state index >= 15 is 0 Å². The van der Waals surface area contributed by atoms with Gasteiger partial charge in [-0.1, -0.05) is 25.1 Å². The van der Waals surface area contributed by atoms with Crippen LogP contribution in [0.5, 0.6) is 5.75 Å². The van der Waals surface area contributed by atoms with E-state index in [1.54, 1.807) is 42.3 Å². The molecule has 0 fully saturated rings. The van der Waals surface area contributed by atoms with Crippen LogP contribution in [0.25, 0.3) is 0 Å². The molecule has 5 nitrogen and oxygen atoms in total. The zero-order chi connectivity index (χ0) is 17.5. The van der Waals surface area contributed by atoms with Gasteiger partial charge in [-0.25, -0.2) is 4.79 Å². The molecule has 126 valence electrons. The number of rotatable bonds is 7. The first-order chi connectivity index (χ1) is 11.5. The first-order valence-corrected chi connectivity index (χ1v) is 7.82. The van der Waals surface area contributed by atoms with Crippen LogP contribution in [0.1, 0.15) is 39.6 Å². The molecule has 0 spiro atoms. The fourth-order valence-corrected chi connectivity index (χ4v) is 2.26. The second-order valence-corrected chi connectivity index (χ2v) is 5.54. The second kappa shape index (κ2) is 8.15. The van der Waals surface area contributed by atoms with E-state index in [0.717, 1.165) is 12.0 Å². The molecule has 0 heterocycles. The molecule has 2 aromatic rings. The number of carboxylic acids is 1. The van der Waals surface area contributed by atoms with Crippen LogP contribution in [-0.4, -0.2) is 35.5 Å². The van der Waals surface area contributed by atoms with E-state index in [9.17, 15) is 9.59 Å². The summed E-state index contributed by atoms with van der Waals surface area (Å²) in [6, 6.07) is 13.6. The molecule has 0 aliphatic heterocycles. The second-order valence-electron chi connectivity index (χ2n) is 5.54. The lowest BCUT2D eigenvalue weighted by Gasteiger charge is -2.18. The van der Waals surface area contributed by atoms with E-state index in [-0.39, 0.29) is 11.5 Å². The molecule has 0 bridgehead atoms. The SMILES string of the molecule is CCCOc1cccc(C(=O)N(C)Cc2ccc(C(=O)O)cc2)c1. The van der Waals surface area contributed by atoms with Crippen LogP contribution in [0.15, 0.2) is 48.5 Å². The van der Waals surface area contributed by atoms with Crippen LogP contribution in [0.4, 0.5) is 0 Å². The fraction of sp³-hybridized carbons (Fsp3) is 0.263. The first-order valence-electron chi connectivity index (χ1n) is 7.82. The van der Waals surface area contributed by atoms with Crippen molar-refractivity contribution in [1.82, 2.24) is 4.90 Å². The van der Waals surface area contributed by atoms with Crippen LogP contribution >= 0.6 is 0 Å². The smallest absolute Gasteiger partial charge is 0.335 e. The van der Waals surface area contributed by atoms with E-state index in [1.165, 1.54) is 12.1 Å². The van der Waals surface area contributed by atoms with Gasteiger partial charge in [-0.3, -0.25) is 4.79 Å². The summed E-state index contributed by atoms with van der Waals surface area (Å²) in [5.74, 6) is -0.393. The number of hydrogen-bond acceptors (Lipinski definition) is 3. The third-order valence-electron chi connectivity index (χ3n) is 3.52. The summed E-state index contributed by atoms with van der Waals surface area (Å²) in [6.45, 7) is 3.04. The molecule has 0 aliphatic carbocycles. The maximum atomic E-state index is 12.5. The van der Waals surface area contributed by atoms with Crippen LogP contribution in [0.3, 0.4) is 0 Å². The first kappa shape index (κ1) is 17.5. The van der Waals surface area contributed by atoms with Gasteiger partial charge in [0.25, 0.3) is 5.91 Å². The van der Waals surface area contributed by atoms with Crippen molar-refractivity contribution < 1.29 is 19.4 Å². The van der Waals surface area contributed by atoms with Gasteiger partial charge < -0.3 is 14.7 Å². The monoisotopic (exact) mass is 327 g/mol. The average molecular weight is 327 g/mol. The van der Waals surface area contributed by atoms with Crippen LogP contribution in [0.2, 0.25) is 0 Å². The molecule has 24 heavy (non-hydrogen) atoms. The third-order valence-corrected chi connectivity index (χ3v) is 3.52. The molecule has 1 amide bonds. The summed E-state index contributed by atoms with van der Waals surface area (Å²) < 4.78 is 5.55. The number of benzene rings is 2. The molecule has 0 unspecified atom stereocenters. The topological polar surface area (TPSA) is 66.8 Å². The number of ether oxygens (including phenoxy) is 1. The highest BCUT2D eigenvalue weighted by Gasteiger charge is 2.13. The van der Waals surface area contributed by atoms with E-state index in [0.29, 0.717) is 24.5 Å². The van der Waals surface area contributed by atoms with Gasteiger partial charge in [0.05, 0.1) is 12.2 Å². The van der Waals surface area contributed by atoms with Gasteiger partial charge in [-0.2, -0.15) is 0 Å². The lowest BCUT2D eigenvalue weighted by Crippen LogP contribution is -2.26. The third kappa shape index (κ3) is 4.59. The summed E-state index contributed by atoms with van der Waals surface area (Å²) in [7, 11) is 1.72. The molecule has 1 N–H and O–H groups in total. The molecule has 0 aromatic heterocycles. The number of carbonyl (C=O) groups is 2. The number of amides is 1. The minimum absolute atomic E-state index is 0.112. The molecule has 2 rings (SSSR count). The van der Waals surface area contributed by atoms with Crippen molar-refractivity contribution in [3.8, 4) is 5.75 Å². The predicted octanol–water partition coefficient (Wildman–Crippen LogP) is 3.45. The minimum atomic E-state index is -0.963. The summed E-state index contributed by atoms with van der Waals surface area (Å²) >= 11 is 0. The van der Waals surface area contributed by atoms with E-state index < -0.39 is 5.97 Å². The Labute approximate surface area is 141 Å².